The van der Waals surface area contributed by atoms with Gasteiger partial charge >= 0.3 is 0 Å². The van der Waals surface area contributed by atoms with E-state index in [0.717, 1.165) is 26.8 Å². The third kappa shape index (κ3) is 1.82. The molecule has 0 aliphatic carbocycles. The first-order valence-electron chi connectivity index (χ1n) is 5.43. The van der Waals surface area contributed by atoms with Crippen LogP contribution >= 0.6 is 27.5 Å². The fourth-order valence-corrected chi connectivity index (χ4v) is 2.67. The quantitative estimate of drug-likeness (QED) is 0.723. The van der Waals surface area contributed by atoms with Crippen molar-refractivity contribution in [2.24, 2.45) is 0 Å². The molecule has 90 valence electrons. The van der Waals surface area contributed by atoms with Crippen LogP contribution in [0, 0.1) is 6.92 Å². The molecule has 0 amide bonds. The van der Waals surface area contributed by atoms with E-state index >= 15 is 0 Å². The summed E-state index contributed by atoms with van der Waals surface area (Å²) in [5, 5.41) is 1.48. The topological polar surface area (TPSA) is 41.6 Å². The molecule has 2 heterocycles. The molecular formula is C13H9BrClN3. The number of hydrogen-bond acceptors (Lipinski definition) is 2. The molecule has 0 saturated heterocycles. The van der Waals surface area contributed by atoms with Crippen LogP contribution in [0.5, 0.6) is 0 Å². The Kier molecular flexibility index (Phi) is 2.84. The maximum absolute atomic E-state index is 6.05. The maximum Gasteiger partial charge on any atom is 0.161 e. The average Bonchev–Trinajstić information content (AvgIpc) is 2.66. The minimum absolute atomic E-state index is 0.549. The van der Waals surface area contributed by atoms with E-state index < -0.39 is 0 Å². The zero-order chi connectivity index (χ0) is 12.7. The third-order valence-corrected chi connectivity index (χ3v) is 4.07. The van der Waals surface area contributed by atoms with Gasteiger partial charge in [-0.05, 0) is 22.9 Å². The lowest BCUT2D eigenvalue weighted by Crippen LogP contribution is -1.93. The molecule has 5 heteroatoms. The summed E-state index contributed by atoms with van der Waals surface area (Å²) in [6, 6.07) is 9.88. The molecule has 3 rings (SSSR count). The van der Waals surface area contributed by atoms with E-state index in [2.05, 4.69) is 30.9 Å². The van der Waals surface area contributed by atoms with E-state index in [0.29, 0.717) is 11.0 Å². The Labute approximate surface area is 117 Å². The molecule has 3 nitrogen and oxygen atoms in total. The number of hydrogen-bond donors (Lipinski definition) is 1. The van der Waals surface area contributed by atoms with Crippen molar-refractivity contribution < 1.29 is 0 Å². The minimum atomic E-state index is 0.549. The van der Waals surface area contributed by atoms with E-state index in [1.807, 2.05) is 37.3 Å². The summed E-state index contributed by atoms with van der Waals surface area (Å²) in [4.78, 5) is 12.1. The normalized spacial score (nSPS) is 11.1. The second kappa shape index (κ2) is 4.37. The van der Waals surface area contributed by atoms with Crippen LogP contribution in [0.25, 0.3) is 22.4 Å². The Morgan fingerprint density at radius 2 is 1.89 bits per heavy atom. The Morgan fingerprint density at radius 3 is 2.61 bits per heavy atom. The van der Waals surface area contributed by atoms with E-state index in [1.54, 1.807) is 0 Å². The number of aryl methyl sites for hydroxylation is 1. The summed E-state index contributed by atoms with van der Waals surface area (Å²) in [6.45, 7) is 1.95. The van der Waals surface area contributed by atoms with Gasteiger partial charge in [-0.25, -0.2) is 9.97 Å². The molecule has 2 aromatic heterocycles. The second-order valence-corrected chi connectivity index (χ2v) is 5.15. The fourth-order valence-electron chi connectivity index (χ4n) is 1.91. The number of fused-ring (bicyclic) bond motifs is 1. The number of H-pyrrole nitrogens is 1. The minimum Gasteiger partial charge on any atom is -0.329 e. The van der Waals surface area contributed by atoms with Gasteiger partial charge in [-0.2, -0.15) is 0 Å². The van der Waals surface area contributed by atoms with Crippen LogP contribution in [-0.4, -0.2) is 15.0 Å². The summed E-state index contributed by atoms with van der Waals surface area (Å²) in [7, 11) is 0. The Hall–Kier alpha value is -1.39. The Bertz CT molecular complexity index is 722. The van der Waals surface area contributed by atoms with E-state index in [9.17, 15) is 0 Å². The number of aromatic amines is 1. The van der Waals surface area contributed by atoms with Gasteiger partial charge in [0.1, 0.15) is 10.8 Å². The van der Waals surface area contributed by atoms with Gasteiger partial charge in [0.15, 0.2) is 5.82 Å². The average molecular weight is 323 g/mol. The largest absolute Gasteiger partial charge is 0.329 e. The lowest BCUT2D eigenvalue weighted by Gasteiger charge is -2.02. The molecule has 0 atom stereocenters. The van der Waals surface area contributed by atoms with Crippen molar-refractivity contribution in [1.29, 1.82) is 0 Å². The highest BCUT2D eigenvalue weighted by Crippen LogP contribution is 2.32. The number of nitrogens with one attached hydrogen (secondary N) is 1. The molecule has 1 aromatic carbocycles. The van der Waals surface area contributed by atoms with Crippen LogP contribution < -0.4 is 0 Å². The SMILES string of the molecule is Cc1nc(-c2ccccc2)nc2[nH]c(Cl)c(Br)c12. The highest BCUT2D eigenvalue weighted by Gasteiger charge is 2.13. The van der Waals surface area contributed by atoms with Gasteiger partial charge in [-0.3, -0.25) is 0 Å². The molecule has 0 aliphatic rings. The smallest absolute Gasteiger partial charge is 0.161 e. The summed E-state index contributed by atoms with van der Waals surface area (Å²) in [5.41, 5.74) is 2.64. The lowest BCUT2D eigenvalue weighted by molar-refractivity contribution is 1.15. The number of aromatic nitrogens is 3. The zero-order valence-corrected chi connectivity index (χ0v) is 11.9. The number of halogens is 2. The molecule has 0 saturated carbocycles. The van der Waals surface area contributed by atoms with Crippen LogP contribution in [0.2, 0.25) is 5.15 Å². The van der Waals surface area contributed by atoms with Crippen molar-refractivity contribution in [3.05, 3.63) is 45.7 Å². The monoisotopic (exact) mass is 321 g/mol. The van der Waals surface area contributed by atoms with Crippen molar-refractivity contribution in [3.8, 4) is 11.4 Å². The van der Waals surface area contributed by atoms with Gasteiger partial charge in [0.05, 0.1) is 15.6 Å². The number of rotatable bonds is 1. The standard InChI is InChI=1S/C13H9BrClN3/c1-7-9-10(14)11(15)17-13(9)18-12(16-7)8-5-3-2-4-6-8/h2-6H,1H3,(H,16,17,18). The van der Waals surface area contributed by atoms with Gasteiger partial charge < -0.3 is 4.98 Å². The molecule has 0 radical (unpaired) electrons. The van der Waals surface area contributed by atoms with Gasteiger partial charge in [0.25, 0.3) is 0 Å². The number of benzene rings is 1. The van der Waals surface area contributed by atoms with Crippen LogP contribution in [0.1, 0.15) is 5.69 Å². The molecule has 0 aliphatic heterocycles. The van der Waals surface area contributed by atoms with Crippen LogP contribution in [0.4, 0.5) is 0 Å². The van der Waals surface area contributed by atoms with Gasteiger partial charge in [-0.15, -0.1) is 0 Å². The predicted molar refractivity (Wildman–Crippen MR) is 76.8 cm³/mol. The Morgan fingerprint density at radius 1 is 1.17 bits per heavy atom. The molecule has 0 spiro atoms. The van der Waals surface area contributed by atoms with E-state index in [1.165, 1.54) is 0 Å². The molecular weight excluding hydrogens is 314 g/mol. The van der Waals surface area contributed by atoms with Gasteiger partial charge in [-0.1, -0.05) is 41.9 Å². The summed E-state index contributed by atoms with van der Waals surface area (Å²) in [6.07, 6.45) is 0. The molecule has 1 N–H and O–H groups in total. The first-order valence-corrected chi connectivity index (χ1v) is 6.60. The van der Waals surface area contributed by atoms with Crippen LogP contribution in [0.3, 0.4) is 0 Å². The van der Waals surface area contributed by atoms with E-state index in [4.69, 9.17) is 11.6 Å². The zero-order valence-electron chi connectivity index (χ0n) is 9.54. The van der Waals surface area contributed by atoms with Crippen molar-refractivity contribution in [3.63, 3.8) is 0 Å². The third-order valence-electron chi connectivity index (χ3n) is 2.76. The molecule has 0 fully saturated rings. The van der Waals surface area contributed by atoms with E-state index in [-0.39, 0.29) is 0 Å². The maximum atomic E-state index is 6.05. The highest BCUT2D eigenvalue weighted by molar-refractivity contribution is 9.10. The van der Waals surface area contributed by atoms with Crippen LogP contribution in [0.15, 0.2) is 34.8 Å². The summed E-state index contributed by atoms with van der Waals surface area (Å²) in [5.74, 6) is 0.700. The Balaban J connectivity index is 2.28. The van der Waals surface area contributed by atoms with Gasteiger partial charge in [0.2, 0.25) is 0 Å². The van der Waals surface area contributed by atoms with Crippen molar-refractivity contribution in [2.45, 2.75) is 6.92 Å². The number of nitrogens with zero attached hydrogens (tertiary/aromatic N) is 2. The summed E-state index contributed by atoms with van der Waals surface area (Å²) >= 11 is 9.49. The molecule has 3 aromatic rings. The molecule has 0 bridgehead atoms. The highest BCUT2D eigenvalue weighted by atomic mass is 79.9. The van der Waals surface area contributed by atoms with Crippen molar-refractivity contribution in [1.82, 2.24) is 15.0 Å². The van der Waals surface area contributed by atoms with Crippen LogP contribution in [-0.2, 0) is 0 Å². The first kappa shape index (κ1) is 11.7. The second-order valence-electron chi connectivity index (χ2n) is 3.98. The lowest BCUT2D eigenvalue weighted by atomic mass is 10.2. The fraction of sp³-hybridized carbons (Fsp3) is 0.0769. The first-order chi connectivity index (χ1) is 8.66. The summed E-state index contributed by atoms with van der Waals surface area (Å²) < 4.78 is 0.816. The van der Waals surface area contributed by atoms with Crippen molar-refractivity contribution in [2.75, 3.05) is 0 Å². The predicted octanol–water partition coefficient (Wildman–Crippen LogP) is 4.35. The molecule has 18 heavy (non-hydrogen) atoms. The molecule has 0 unspecified atom stereocenters. The van der Waals surface area contributed by atoms with Gasteiger partial charge in [0, 0.05) is 5.56 Å². The van der Waals surface area contributed by atoms with Crippen molar-refractivity contribution >= 4 is 38.6 Å².